The summed E-state index contributed by atoms with van der Waals surface area (Å²) in [6.07, 6.45) is 0. The van der Waals surface area contributed by atoms with Crippen molar-refractivity contribution in [3.05, 3.63) is 48.5 Å². The van der Waals surface area contributed by atoms with Gasteiger partial charge in [0.2, 0.25) is 0 Å². The molecule has 0 bridgehead atoms. The lowest BCUT2D eigenvalue weighted by atomic mass is 10.0. The van der Waals surface area contributed by atoms with Crippen molar-refractivity contribution in [2.24, 2.45) is 5.73 Å². The monoisotopic (exact) mass is 242 g/mol. The minimum atomic E-state index is -0.593. The Balaban J connectivity index is 2.41. The molecule has 0 aromatic heterocycles. The largest absolute Gasteiger partial charge is 0.496 e. The van der Waals surface area contributed by atoms with E-state index in [0.717, 1.165) is 11.1 Å². The number of carbonyl (C=O) groups is 1. The van der Waals surface area contributed by atoms with Crippen LogP contribution in [0.3, 0.4) is 0 Å². The normalized spacial score (nSPS) is 9.83. The summed E-state index contributed by atoms with van der Waals surface area (Å²) in [7, 11) is 1.59. The van der Waals surface area contributed by atoms with Crippen LogP contribution in [-0.4, -0.2) is 13.1 Å². The van der Waals surface area contributed by atoms with Gasteiger partial charge in [-0.15, -0.1) is 0 Å². The molecule has 2 rings (SSSR count). The second kappa shape index (κ2) is 5.23. The number of nitrogens with two attached hydrogens (primary N) is 1. The van der Waals surface area contributed by atoms with Gasteiger partial charge in [-0.3, -0.25) is 0 Å². The van der Waals surface area contributed by atoms with Crippen molar-refractivity contribution in [2.75, 3.05) is 12.4 Å². The van der Waals surface area contributed by atoms with E-state index in [9.17, 15) is 4.79 Å². The Bertz CT molecular complexity index is 553. The van der Waals surface area contributed by atoms with Gasteiger partial charge < -0.3 is 15.8 Å². The van der Waals surface area contributed by atoms with Crippen LogP contribution in [0.5, 0.6) is 5.75 Å². The third-order valence-electron chi connectivity index (χ3n) is 2.55. The number of ether oxygens (including phenoxy) is 1. The molecule has 2 amide bonds. The average molecular weight is 242 g/mol. The number of amides is 2. The van der Waals surface area contributed by atoms with E-state index >= 15 is 0 Å². The van der Waals surface area contributed by atoms with Crippen molar-refractivity contribution >= 4 is 11.7 Å². The van der Waals surface area contributed by atoms with Gasteiger partial charge in [0, 0.05) is 17.3 Å². The summed E-state index contributed by atoms with van der Waals surface area (Å²) in [4.78, 5) is 10.8. The molecule has 0 spiro atoms. The van der Waals surface area contributed by atoms with Gasteiger partial charge in [-0.1, -0.05) is 30.3 Å². The molecule has 0 aliphatic rings. The number of carbonyl (C=O) groups excluding carboxylic acids is 1. The van der Waals surface area contributed by atoms with Crippen molar-refractivity contribution in [2.45, 2.75) is 0 Å². The number of hydrogen-bond donors (Lipinski definition) is 2. The Hall–Kier alpha value is -2.49. The molecule has 0 atom stereocenters. The SMILES string of the molecule is COc1cc(NC(N)=O)ccc1-c1ccccc1. The van der Waals surface area contributed by atoms with Gasteiger partial charge in [-0.25, -0.2) is 4.79 Å². The molecule has 4 nitrogen and oxygen atoms in total. The van der Waals surface area contributed by atoms with Gasteiger partial charge in [-0.2, -0.15) is 0 Å². The molecule has 4 heteroatoms. The quantitative estimate of drug-likeness (QED) is 0.869. The summed E-state index contributed by atoms with van der Waals surface area (Å²) in [6, 6.07) is 14.7. The zero-order chi connectivity index (χ0) is 13.0. The highest BCUT2D eigenvalue weighted by molar-refractivity contribution is 5.89. The maximum Gasteiger partial charge on any atom is 0.316 e. The Morgan fingerprint density at radius 3 is 2.50 bits per heavy atom. The molecule has 0 radical (unpaired) electrons. The van der Waals surface area contributed by atoms with Gasteiger partial charge >= 0.3 is 6.03 Å². The van der Waals surface area contributed by atoms with Crippen LogP contribution in [0.4, 0.5) is 10.5 Å². The highest BCUT2D eigenvalue weighted by atomic mass is 16.5. The van der Waals surface area contributed by atoms with Crippen LogP contribution >= 0.6 is 0 Å². The number of anilines is 1. The smallest absolute Gasteiger partial charge is 0.316 e. The zero-order valence-electron chi connectivity index (χ0n) is 10.0. The number of rotatable bonds is 3. The van der Waals surface area contributed by atoms with Gasteiger partial charge in [0.25, 0.3) is 0 Å². The Labute approximate surface area is 105 Å². The van der Waals surface area contributed by atoms with Crippen LogP contribution in [0.15, 0.2) is 48.5 Å². The minimum Gasteiger partial charge on any atom is -0.496 e. The maximum absolute atomic E-state index is 10.8. The van der Waals surface area contributed by atoms with Crippen LogP contribution in [0.2, 0.25) is 0 Å². The van der Waals surface area contributed by atoms with E-state index in [2.05, 4.69) is 5.32 Å². The molecule has 0 unspecified atom stereocenters. The second-order valence-corrected chi connectivity index (χ2v) is 3.77. The van der Waals surface area contributed by atoms with Gasteiger partial charge in [0.1, 0.15) is 5.75 Å². The minimum absolute atomic E-state index is 0.593. The fourth-order valence-corrected chi connectivity index (χ4v) is 1.77. The first kappa shape index (κ1) is 12.0. The molecule has 0 aliphatic heterocycles. The van der Waals surface area contributed by atoms with E-state index in [4.69, 9.17) is 10.5 Å². The van der Waals surface area contributed by atoms with E-state index in [1.54, 1.807) is 19.2 Å². The van der Waals surface area contributed by atoms with E-state index in [0.29, 0.717) is 11.4 Å². The summed E-state index contributed by atoms with van der Waals surface area (Å²) >= 11 is 0. The van der Waals surface area contributed by atoms with E-state index < -0.39 is 6.03 Å². The third-order valence-corrected chi connectivity index (χ3v) is 2.55. The van der Waals surface area contributed by atoms with Gasteiger partial charge in [0.05, 0.1) is 7.11 Å². The molecule has 0 saturated carbocycles. The van der Waals surface area contributed by atoms with Crippen LogP contribution in [0, 0.1) is 0 Å². The fourth-order valence-electron chi connectivity index (χ4n) is 1.77. The lowest BCUT2D eigenvalue weighted by Gasteiger charge is -2.11. The molecule has 92 valence electrons. The summed E-state index contributed by atoms with van der Waals surface area (Å²) in [5.74, 6) is 0.687. The van der Waals surface area contributed by atoms with Crippen molar-refractivity contribution < 1.29 is 9.53 Å². The fraction of sp³-hybridized carbons (Fsp3) is 0.0714. The first-order chi connectivity index (χ1) is 8.70. The van der Waals surface area contributed by atoms with Crippen LogP contribution in [-0.2, 0) is 0 Å². The molecule has 0 fully saturated rings. The summed E-state index contributed by atoms with van der Waals surface area (Å²) < 4.78 is 5.33. The lowest BCUT2D eigenvalue weighted by Crippen LogP contribution is -2.19. The molecule has 3 N–H and O–H groups in total. The maximum atomic E-state index is 10.8. The molecule has 18 heavy (non-hydrogen) atoms. The molecule has 2 aromatic carbocycles. The zero-order valence-corrected chi connectivity index (χ0v) is 10.0. The lowest BCUT2D eigenvalue weighted by molar-refractivity contribution is 0.259. The third kappa shape index (κ3) is 2.60. The Morgan fingerprint density at radius 1 is 1.17 bits per heavy atom. The number of urea groups is 1. The summed E-state index contributed by atoms with van der Waals surface area (Å²) in [6.45, 7) is 0. The number of benzene rings is 2. The summed E-state index contributed by atoms with van der Waals surface area (Å²) in [5.41, 5.74) is 7.71. The van der Waals surface area contributed by atoms with E-state index in [-0.39, 0.29) is 0 Å². The number of primary amides is 1. The van der Waals surface area contributed by atoms with Crippen molar-refractivity contribution in [1.82, 2.24) is 0 Å². The van der Waals surface area contributed by atoms with Crippen LogP contribution < -0.4 is 15.8 Å². The standard InChI is InChI=1S/C14H14N2O2/c1-18-13-9-11(16-14(15)17)7-8-12(13)10-5-3-2-4-6-10/h2-9H,1H3,(H3,15,16,17). The number of nitrogens with one attached hydrogen (secondary N) is 1. The van der Waals surface area contributed by atoms with E-state index in [1.807, 2.05) is 36.4 Å². The summed E-state index contributed by atoms with van der Waals surface area (Å²) in [5, 5.41) is 2.52. The predicted molar refractivity (Wildman–Crippen MR) is 71.6 cm³/mol. The Kier molecular flexibility index (Phi) is 3.48. The van der Waals surface area contributed by atoms with Gasteiger partial charge in [0.15, 0.2) is 0 Å². The highest BCUT2D eigenvalue weighted by Crippen LogP contribution is 2.32. The predicted octanol–water partition coefficient (Wildman–Crippen LogP) is 2.85. The molecule has 0 saturated heterocycles. The molecule has 0 aliphatic carbocycles. The van der Waals surface area contributed by atoms with Crippen LogP contribution in [0.25, 0.3) is 11.1 Å². The average Bonchev–Trinajstić information content (AvgIpc) is 2.39. The molecule has 0 heterocycles. The molecular formula is C14H14N2O2. The highest BCUT2D eigenvalue weighted by Gasteiger charge is 2.07. The second-order valence-electron chi connectivity index (χ2n) is 3.77. The first-order valence-electron chi connectivity index (χ1n) is 5.50. The van der Waals surface area contributed by atoms with Crippen molar-refractivity contribution in [3.8, 4) is 16.9 Å². The molecular weight excluding hydrogens is 228 g/mol. The van der Waals surface area contributed by atoms with Crippen molar-refractivity contribution in [3.63, 3.8) is 0 Å². The number of methoxy groups -OCH3 is 1. The Morgan fingerprint density at radius 2 is 1.89 bits per heavy atom. The van der Waals surface area contributed by atoms with Crippen LogP contribution in [0.1, 0.15) is 0 Å². The van der Waals surface area contributed by atoms with Crippen molar-refractivity contribution in [1.29, 1.82) is 0 Å². The number of hydrogen-bond acceptors (Lipinski definition) is 2. The van der Waals surface area contributed by atoms with E-state index in [1.165, 1.54) is 0 Å². The first-order valence-corrected chi connectivity index (χ1v) is 5.50. The topological polar surface area (TPSA) is 64.3 Å². The molecule has 2 aromatic rings. The van der Waals surface area contributed by atoms with Gasteiger partial charge in [-0.05, 0) is 17.7 Å².